The van der Waals surface area contributed by atoms with Crippen molar-refractivity contribution in [1.29, 1.82) is 0 Å². The van der Waals surface area contributed by atoms with Gasteiger partial charge < -0.3 is 4.13 Å². The lowest BCUT2D eigenvalue weighted by Crippen LogP contribution is -2.29. The van der Waals surface area contributed by atoms with E-state index in [1.54, 1.807) is 0 Å². The second kappa shape index (κ2) is 4.73. The number of sulfonamides is 2. The molecule has 1 aliphatic carbocycles. The van der Waals surface area contributed by atoms with Crippen molar-refractivity contribution in [2.24, 2.45) is 0 Å². The van der Waals surface area contributed by atoms with E-state index >= 15 is 0 Å². The van der Waals surface area contributed by atoms with E-state index in [0.717, 1.165) is 6.42 Å². The van der Waals surface area contributed by atoms with Crippen LogP contribution in [0.3, 0.4) is 0 Å². The van der Waals surface area contributed by atoms with Crippen LogP contribution in [-0.2, 0) is 20.0 Å². The van der Waals surface area contributed by atoms with Gasteiger partial charge in [0.05, 0.1) is 10.0 Å². The minimum absolute atomic E-state index is 0.152. The van der Waals surface area contributed by atoms with Crippen molar-refractivity contribution in [3.63, 3.8) is 0 Å². The molecule has 0 atom stereocenters. The van der Waals surface area contributed by atoms with Crippen LogP contribution in [0.4, 0.5) is 13.2 Å². The summed E-state index contributed by atoms with van der Waals surface area (Å²) in [6, 6.07) is 0. The molecule has 0 aliphatic heterocycles. The highest BCUT2D eigenvalue weighted by atomic mass is 32.3. The van der Waals surface area contributed by atoms with Gasteiger partial charge in [0.1, 0.15) is 0 Å². The van der Waals surface area contributed by atoms with Crippen molar-refractivity contribution in [2.45, 2.75) is 42.9 Å². The fourth-order valence-electron chi connectivity index (χ4n) is 1.60. The Bertz CT molecular complexity index is 462. The van der Waals surface area contributed by atoms with Gasteiger partial charge in [0.2, 0.25) is 0 Å². The van der Waals surface area contributed by atoms with Crippen LogP contribution < -0.4 is 0 Å². The predicted molar refractivity (Wildman–Crippen MR) is 54.1 cm³/mol. The van der Waals surface area contributed by atoms with E-state index in [1.165, 1.54) is 0 Å². The highest BCUT2D eigenvalue weighted by Gasteiger charge is 2.41. The lowest BCUT2D eigenvalue weighted by molar-refractivity contribution is -0.0425. The lowest BCUT2D eigenvalue weighted by atomic mass is 10.0. The first kappa shape index (κ1) is 14.7. The minimum atomic E-state index is -5.97. The van der Waals surface area contributed by atoms with Gasteiger partial charge >= 0.3 is 5.51 Å². The fraction of sp³-hybridized carbons (Fsp3) is 1.00. The Balaban J connectivity index is 2.87. The van der Waals surface area contributed by atoms with Gasteiger partial charge in [-0.05, 0) is 12.8 Å². The van der Waals surface area contributed by atoms with Gasteiger partial charge in [0, 0.05) is 5.25 Å². The number of rotatable bonds is 3. The highest BCUT2D eigenvalue weighted by Crippen LogP contribution is 2.34. The monoisotopic (exact) mass is 294 g/mol. The molecule has 0 spiro atoms. The molecule has 0 amide bonds. The molecule has 1 fully saturated rings. The van der Waals surface area contributed by atoms with Gasteiger partial charge in [-0.3, -0.25) is 0 Å². The third kappa shape index (κ3) is 3.55. The van der Waals surface area contributed by atoms with Crippen molar-refractivity contribution in [3.8, 4) is 0 Å². The molecule has 1 aliphatic rings. The van der Waals surface area contributed by atoms with E-state index in [9.17, 15) is 30.0 Å². The molecule has 0 aromatic heterocycles. The van der Waals surface area contributed by atoms with Crippen LogP contribution in [0.25, 0.3) is 4.13 Å². The first-order chi connectivity index (χ1) is 7.56. The summed E-state index contributed by atoms with van der Waals surface area (Å²) in [5.41, 5.74) is -5.67. The average molecular weight is 294 g/mol. The molecule has 0 unspecified atom stereocenters. The van der Waals surface area contributed by atoms with E-state index in [0.29, 0.717) is 12.8 Å². The molecule has 0 aromatic rings. The summed E-state index contributed by atoms with van der Waals surface area (Å²) in [4.78, 5) is 0. The molecule has 0 saturated heterocycles. The normalized spacial score (nSPS) is 20.4. The zero-order chi connectivity index (χ0) is 13.3. The maximum Gasteiger partial charge on any atom is 0.480 e. The van der Waals surface area contributed by atoms with Crippen LogP contribution in [0.1, 0.15) is 32.1 Å². The smallest absolute Gasteiger partial charge is 0.428 e. The fourth-order valence-corrected chi connectivity index (χ4v) is 4.45. The second-order valence-corrected chi connectivity index (χ2v) is 7.48. The zero-order valence-corrected chi connectivity index (χ0v) is 10.3. The van der Waals surface area contributed by atoms with Gasteiger partial charge in [0.15, 0.2) is 10.0 Å². The van der Waals surface area contributed by atoms with Crippen molar-refractivity contribution < 1.29 is 30.0 Å². The summed E-state index contributed by atoms with van der Waals surface area (Å²) in [6.07, 6.45) is 2.19. The van der Waals surface area contributed by atoms with Crippen LogP contribution in [-0.4, -0.2) is 27.6 Å². The van der Waals surface area contributed by atoms with E-state index < -0.39 is 30.8 Å². The number of hydrogen-bond acceptors (Lipinski definition) is 4. The molecule has 0 heterocycles. The predicted octanol–water partition coefficient (Wildman–Crippen LogP) is 1.87. The molecule has 1 saturated carbocycles. The molecule has 0 aromatic carbocycles. The van der Waals surface area contributed by atoms with E-state index in [2.05, 4.69) is 4.13 Å². The van der Waals surface area contributed by atoms with Gasteiger partial charge in [0.25, 0.3) is 0 Å². The van der Waals surface area contributed by atoms with Gasteiger partial charge in [-0.15, -0.1) is 0 Å². The van der Waals surface area contributed by atoms with E-state index in [4.69, 9.17) is 0 Å². The van der Waals surface area contributed by atoms with Crippen LogP contribution >= 0.6 is 0 Å². The van der Waals surface area contributed by atoms with Crippen molar-refractivity contribution in [2.75, 3.05) is 0 Å². The number of hydrogen-bond donors (Lipinski definition) is 0. The first-order valence-corrected chi connectivity index (χ1v) is 7.80. The molecular weight excluding hydrogens is 283 g/mol. The third-order valence-electron chi connectivity index (χ3n) is 2.47. The first-order valence-electron chi connectivity index (χ1n) is 4.86. The summed E-state index contributed by atoms with van der Waals surface area (Å²) in [6.45, 7) is 0. The van der Waals surface area contributed by atoms with Crippen LogP contribution in [0.2, 0.25) is 0 Å². The van der Waals surface area contributed by atoms with Crippen molar-refractivity contribution in [3.05, 3.63) is 4.13 Å². The Kier molecular flexibility index (Phi) is 4.09. The molecule has 1 rings (SSSR count). The quantitative estimate of drug-likeness (QED) is 0.795. The Morgan fingerprint density at radius 3 is 1.82 bits per heavy atom. The Morgan fingerprint density at radius 1 is 0.941 bits per heavy atom. The summed E-state index contributed by atoms with van der Waals surface area (Å²) >= 11 is 0. The van der Waals surface area contributed by atoms with Crippen LogP contribution in [0, 0.1) is 0 Å². The number of halogens is 3. The Labute approximate surface area is 97.5 Å². The summed E-state index contributed by atoms with van der Waals surface area (Å²) in [5, 5.41) is -1.12. The summed E-state index contributed by atoms with van der Waals surface area (Å²) in [5.74, 6) is 0. The molecule has 102 valence electrons. The van der Waals surface area contributed by atoms with Gasteiger partial charge in [-0.25, -0.2) is 16.8 Å². The molecule has 17 heavy (non-hydrogen) atoms. The van der Waals surface area contributed by atoms with Crippen molar-refractivity contribution >= 4 is 20.0 Å². The average Bonchev–Trinajstić information content (AvgIpc) is 2.15. The van der Waals surface area contributed by atoms with Gasteiger partial charge in [-0.1, -0.05) is 19.3 Å². The van der Waals surface area contributed by atoms with Crippen LogP contribution in [0.15, 0.2) is 0 Å². The zero-order valence-electron chi connectivity index (χ0n) is 8.64. The molecular formula is C7H11F3NO4S2-. The maximum absolute atomic E-state index is 12.0. The lowest BCUT2D eigenvalue weighted by Gasteiger charge is -2.30. The van der Waals surface area contributed by atoms with E-state index in [1.807, 2.05) is 0 Å². The molecule has 0 N–H and O–H groups in total. The van der Waals surface area contributed by atoms with Crippen LogP contribution in [0.5, 0.6) is 0 Å². The standard InChI is InChI=1S/C7H11F3NO4S2/c8-7(9,10)17(14,15)11-16(12,13)6-4-2-1-3-5-6/h6H,1-5H2/q-1. The SMILES string of the molecule is O=S(=O)([N-]S(=O)(=O)C(F)(F)F)C1CCCCC1. The Morgan fingerprint density at radius 2 is 1.41 bits per heavy atom. The van der Waals surface area contributed by atoms with Gasteiger partial charge in [-0.2, -0.15) is 13.2 Å². The summed E-state index contributed by atoms with van der Waals surface area (Å²) in [7, 11) is -10.6. The maximum atomic E-state index is 12.0. The molecule has 0 radical (unpaired) electrons. The topological polar surface area (TPSA) is 82.4 Å². The van der Waals surface area contributed by atoms with Crippen molar-refractivity contribution in [1.82, 2.24) is 0 Å². The van der Waals surface area contributed by atoms with E-state index in [-0.39, 0.29) is 12.8 Å². The number of nitrogens with zero attached hydrogens (tertiary/aromatic N) is 1. The minimum Gasteiger partial charge on any atom is -0.428 e. The molecule has 5 nitrogen and oxygen atoms in total. The largest absolute Gasteiger partial charge is 0.480 e. The highest BCUT2D eigenvalue weighted by molar-refractivity contribution is 8.12. The molecule has 0 bridgehead atoms. The second-order valence-electron chi connectivity index (χ2n) is 3.77. The molecule has 10 heteroatoms. The third-order valence-corrected chi connectivity index (χ3v) is 5.98. The Hall–Kier alpha value is -0.350. The number of alkyl halides is 3. The summed E-state index contributed by atoms with van der Waals surface area (Å²) < 4.78 is 82.1.